The van der Waals surface area contributed by atoms with Crippen LogP contribution < -0.4 is 0 Å². The number of aromatic nitrogens is 2. The number of hydrogen-bond acceptors (Lipinski definition) is 3. The van der Waals surface area contributed by atoms with Crippen molar-refractivity contribution in [3.8, 4) is 0 Å². The number of ether oxygens (including phenoxy) is 2. The van der Waals surface area contributed by atoms with E-state index in [1.54, 1.807) is 0 Å². The Morgan fingerprint density at radius 3 is 2.50 bits per heavy atom. The summed E-state index contributed by atoms with van der Waals surface area (Å²) < 4.78 is 14.4. The second-order valence-electron chi connectivity index (χ2n) is 8.22. The molecule has 4 heteroatoms. The zero-order valence-electron chi connectivity index (χ0n) is 14.5. The minimum Gasteiger partial charge on any atom is -0.347 e. The van der Waals surface area contributed by atoms with E-state index in [2.05, 4.69) is 39.4 Å². The second-order valence-corrected chi connectivity index (χ2v) is 8.22. The summed E-state index contributed by atoms with van der Waals surface area (Å²) in [6.45, 7) is 10.8. The van der Waals surface area contributed by atoms with Crippen LogP contribution in [0.1, 0.15) is 57.0 Å². The van der Waals surface area contributed by atoms with Crippen LogP contribution in [-0.4, -0.2) is 28.8 Å². The molecule has 22 heavy (non-hydrogen) atoms. The molecule has 122 valence electrons. The topological polar surface area (TPSA) is 36.3 Å². The lowest BCUT2D eigenvalue weighted by molar-refractivity contribution is -0.276. The number of nitrogens with zero attached hydrogens (tertiary/aromatic N) is 2. The first-order valence-corrected chi connectivity index (χ1v) is 8.63. The predicted molar refractivity (Wildman–Crippen MR) is 84.8 cm³/mol. The third-order valence-electron chi connectivity index (χ3n) is 7.03. The second kappa shape index (κ2) is 4.35. The third-order valence-corrected chi connectivity index (χ3v) is 7.03. The van der Waals surface area contributed by atoms with E-state index in [-0.39, 0.29) is 16.6 Å². The van der Waals surface area contributed by atoms with Gasteiger partial charge in [-0.05, 0) is 37.7 Å². The van der Waals surface area contributed by atoms with E-state index in [1.165, 1.54) is 23.4 Å². The largest absolute Gasteiger partial charge is 0.347 e. The van der Waals surface area contributed by atoms with Crippen LogP contribution in [0.25, 0.3) is 0 Å². The van der Waals surface area contributed by atoms with E-state index in [0.29, 0.717) is 5.92 Å². The van der Waals surface area contributed by atoms with Crippen LogP contribution in [0.4, 0.5) is 0 Å². The van der Waals surface area contributed by atoms with Crippen molar-refractivity contribution in [1.82, 2.24) is 9.78 Å². The molecule has 0 amide bonds. The highest BCUT2D eigenvalue weighted by Gasteiger charge is 2.63. The Bertz CT molecular complexity index is 613. The molecule has 4 rings (SSSR count). The fraction of sp³-hybridized carbons (Fsp3) is 0.833. The highest BCUT2D eigenvalue weighted by molar-refractivity contribution is 5.37. The number of hydrogen-bond donors (Lipinski definition) is 0. The molecule has 0 bridgehead atoms. The Labute approximate surface area is 133 Å². The van der Waals surface area contributed by atoms with Crippen LogP contribution in [0.3, 0.4) is 0 Å². The van der Waals surface area contributed by atoms with Gasteiger partial charge in [0, 0.05) is 30.0 Å². The van der Waals surface area contributed by atoms with Crippen molar-refractivity contribution in [3.63, 3.8) is 0 Å². The molecule has 2 heterocycles. The van der Waals surface area contributed by atoms with E-state index in [9.17, 15) is 0 Å². The van der Waals surface area contributed by atoms with Crippen LogP contribution in [0, 0.1) is 18.3 Å². The maximum absolute atomic E-state index is 6.16. The van der Waals surface area contributed by atoms with Crippen molar-refractivity contribution in [2.75, 3.05) is 13.2 Å². The Morgan fingerprint density at radius 1 is 1.14 bits per heavy atom. The van der Waals surface area contributed by atoms with Crippen LogP contribution in [0.2, 0.25) is 0 Å². The third kappa shape index (κ3) is 1.58. The van der Waals surface area contributed by atoms with Gasteiger partial charge in [-0.15, -0.1) is 0 Å². The summed E-state index contributed by atoms with van der Waals surface area (Å²) in [6, 6.07) is 0. The summed E-state index contributed by atoms with van der Waals surface area (Å²) in [5, 5.41) is 4.92. The highest BCUT2D eigenvalue weighted by atomic mass is 16.7. The Balaban J connectivity index is 1.81. The van der Waals surface area contributed by atoms with Crippen LogP contribution in [0.5, 0.6) is 0 Å². The molecule has 1 saturated heterocycles. The first-order valence-electron chi connectivity index (χ1n) is 8.63. The molecule has 1 aromatic rings. The number of fused-ring (bicyclic) bond motifs is 3. The maximum atomic E-state index is 6.16. The smallest absolute Gasteiger partial charge is 0.173 e. The molecule has 2 aliphatic carbocycles. The van der Waals surface area contributed by atoms with E-state index in [1.807, 2.05) is 0 Å². The number of rotatable bonds is 0. The molecule has 0 radical (unpaired) electrons. The Hall–Kier alpha value is -0.870. The van der Waals surface area contributed by atoms with Crippen LogP contribution >= 0.6 is 0 Å². The molecule has 4 nitrogen and oxygen atoms in total. The van der Waals surface area contributed by atoms with Crippen molar-refractivity contribution < 1.29 is 9.47 Å². The monoisotopic (exact) mass is 304 g/mol. The van der Waals surface area contributed by atoms with Crippen molar-refractivity contribution in [3.05, 3.63) is 17.0 Å². The zero-order valence-corrected chi connectivity index (χ0v) is 14.5. The summed E-state index contributed by atoms with van der Waals surface area (Å²) >= 11 is 0. The maximum Gasteiger partial charge on any atom is 0.173 e. The van der Waals surface area contributed by atoms with E-state index >= 15 is 0 Å². The normalized spacial score (nSPS) is 35.4. The molecule has 2 atom stereocenters. The highest BCUT2D eigenvalue weighted by Crippen LogP contribution is 2.62. The first-order chi connectivity index (χ1) is 10.3. The molecule has 0 aromatic carbocycles. The van der Waals surface area contributed by atoms with Gasteiger partial charge in [-0.2, -0.15) is 5.10 Å². The molecule has 1 aliphatic heterocycles. The number of aryl methyl sites for hydroxylation is 1. The van der Waals surface area contributed by atoms with E-state index in [4.69, 9.17) is 14.6 Å². The molecule has 2 fully saturated rings. The quantitative estimate of drug-likeness (QED) is 0.739. The molecular weight excluding hydrogens is 276 g/mol. The lowest BCUT2D eigenvalue weighted by atomic mass is 9.49. The van der Waals surface area contributed by atoms with E-state index in [0.717, 1.165) is 32.5 Å². The summed E-state index contributed by atoms with van der Waals surface area (Å²) in [5.41, 5.74) is 4.32. The lowest BCUT2D eigenvalue weighted by Gasteiger charge is -2.59. The average Bonchev–Trinajstić information content (AvgIpc) is 3.05. The summed E-state index contributed by atoms with van der Waals surface area (Å²) in [4.78, 5) is 0. The van der Waals surface area contributed by atoms with Crippen molar-refractivity contribution in [2.45, 2.75) is 64.6 Å². The Kier molecular flexibility index (Phi) is 2.91. The summed E-state index contributed by atoms with van der Waals surface area (Å²) in [7, 11) is 2.07. The van der Waals surface area contributed by atoms with E-state index < -0.39 is 0 Å². The fourth-order valence-electron chi connectivity index (χ4n) is 5.62. The molecule has 0 unspecified atom stereocenters. The van der Waals surface area contributed by atoms with Crippen molar-refractivity contribution >= 4 is 0 Å². The van der Waals surface area contributed by atoms with Crippen LogP contribution in [0.15, 0.2) is 0 Å². The van der Waals surface area contributed by atoms with Gasteiger partial charge in [0.1, 0.15) is 0 Å². The zero-order chi connectivity index (χ0) is 15.8. The van der Waals surface area contributed by atoms with Crippen molar-refractivity contribution in [2.24, 2.45) is 18.4 Å². The van der Waals surface area contributed by atoms with Gasteiger partial charge < -0.3 is 9.47 Å². The Morgan fingerprint density at radius 2 is 1.82 bits per heavy atom. The summed E-state index contributed by atoms with van der Waals surface area (Å²) in [6.07, 6.45) is 4.42. The lowest BCUT2D eigenvalue weighted by Crippen LogP contribution is -2.61. The van der Waals surface area contributed by atoms with Gasteiger partial charge >= 0.3 is 0 Å². The van der Waals surface area contributed by atoms with Gasteiger partial charge in [-0.25, -0.2) is 0 Å². The predicted octanol–water partition coefficient (Wildman–Crippen LogP) is 3.11. The molecule has 3 aliphatic rings. The standard InChI is InChI=1S/C18H28N2O2/c1-12-13-6-7-14-16(2,3)18(21-10-11-22-18)9-8-17(14,4)15(13)19-20(12)5/h14H,6-11H2,1-5H3/t14-,17-/m0/s1. The molecule has 1 spiro atoms. The molecule has 1 aromatic heterocycles. The molecule has 1 saturated carbocycles. The minimum absolute atomic E-state index is 0.0135. The first kappa shape index (κ1) is 14.7. The van der Waals surface area contributed by atoms with Gasteiger partial charge in [0.05, 0.1) is 18.9 Å². The van der Waals surface area contributed by atoms with Gasteiger partial charge in [0.15, 0.2) is 5.79 Å². The average molecular weight is 304 g/mol. The van der Waals surface area contributed by atoms with Gasteiger partial charge in [-0.1, -0.05) is 20.8 Å². The fourth-order valence-corrected chi connectivity index (χ4v) is 5.62. The molecular formula is C18H28N2O2. The SMILES string of the molecule is Cc1c2c(nn1C)[C@@]1(C)CCC3(OCCO3)C(C)(C)[C@@H]1CC2. The van der Waals surface area contributed by atoms with Crippen molar-refractivity contribution in [1.29, 1.82) is 0 Å². The van der Waals surface area contributed by atoms with Crippen LogP contribution in [-0.2, 0) is 28.4 Å². The molecule has 0 N–H and O–H groups in total. The van der Waals surface area contributed by atoms with Gasteiger partial charge in [0.2, 0.25) is 0 Å². The summed E-state index contributed by atoms with van der Waals surface area (Å²) in [5.74, 6) is 0.173. The van der Waals surface area contributed by atoms with Gasteiger partial charge in [0.25, 0.3) is 0 Å². The minimum atomic E-state index is -0.376. The van der Waals surface area contributed by atoms with Gasteiger partial charge in [-0.3, -0.25) is 4.68 Å².